The molecule has 0 aliphatic rings. The lowest BCUT2D eigenvalue weighted by Gasteiger charge is -2.04. The van der Waals surface area contributed by atoms with Crippen LogP contribution in [0.2, 0.25) is 0 Å². The fraction of sp³-hybridized carbons (Fsp3) is 0.444. The third-order valence-corrected chi connectivity index (χ3v) is 3.85. The molecule has 0 spiro atoms. The normalized spacial score (nSPS) is 10.6. The van der Waals surface area contributed by atoms with Crippen LogP contribution in [-0.2, 0) is 11.2 Å². The van der Waals surface area contributed by atoms with Crippen molar-refractivity contribution in [3.8, 4) is 11.1 Å². The Hall–Kier alpha value is -2.10. The van der Waals surface area contributed by atoms with Crippen molar-refractivity contribution in [2.24, 2.45) is 0 Å². The number of unbranched alkanes of at least 4 members (excludes halogenated alkanes) is 4. The van der Waals surface area contributed by atoms with Crippen LogP contribution < -0.4 is 0 Å². The molecule has 0 aliphatic carbocycles. The lowest BCUT2D eigenvalue weighted by atomic mass is 10.0. The summed E-state index contributed by atoms with van der Waals surface area (Å²) in [4.78, 5) is 11.5. The summed E-state index contributed by atoms with van der Waals surface area (Å²) in [6, 6.07) is 7.47. The number of methoxy groups -OCH3 is 1. The number of rotatable bonds is 8. The quantitative estimate of drug-likeness (QED) is 0.581. The van der Waals surface area contributed by atoms with Gasteiger partial charge in [-0.25, -0.2) is 4.79 Å². The minimum atomic E-state index is -0.310. The van der Waals surface area contributed by atoms with Gasteiger partial charge in [0, 0.05) is 11.8 Å². The van der Waals surface area contributed by atoms with Gasteiger partial charge in [0.2, 0.25) is 0 Å². The van der Waals surface area contributed by atoms with Crippen LogP contribution in [0.3, 0.4) is 0 Å². The molecule has 1 heterocycles. The molecule has 0 radical (unpaired) electrons. The van der Waals surface area contributed by atoms with E-state index in [-0.39, 0.29) is 5.97 Å². The molecule has 2 rings (SSSR count). The maximum atomic E-state index is 11.5. The average molecular weight is 300 g/mol. The number of hydrogen-bond acceptors (Lipinski definition) is 3. The third-order valence-electron chi connectivity index (χ3n) is 3.85. The fourth-order valence-corrected chi connectivity index (χ4v) is 2.56. The van der Waals surface area contributed by atoms with Gasteiger partial charge in [-0.05, 0) is 30.5 Å². The first kappa shape index (κ1) is 16.3. The van der Waals surface area contributed by atoms with E-state index in [0.717, 1.165) is 29.7 Å². The number of benzene rings is 1. The molecule has 0 saturated carbocycles. The van der Waals surface area contributed by atoms with Crippen LogP contribution in [0.4, 0.5) is 0 Å². The van der Waals surface area contributed by atoms with Crippen LogP contribution in [0.15, 0.2) is 30.5 Å². The predicted molar refractivity (Wildman–Crippen MR) is 87.8 cm³/mol. The Kier molecular flexibility index (Phi) is 6.19. The van der Waals surface area contributed by atoms with Gasteiger partial charge in [0.25, 0.3) is 0 Å². The summed E-state index contributed by atoms with van der Waals surface area (Å²) >= 11 is 0. The first-order chi connectivity index (χ1) is 10.8. The van der Waals surface area contributed by atoms with Crippen molar-refractivity contribution in [1.29, 1.82) is 0 Å². The van der Waals surface area contributed by atoms with Gasteiger partial charge in [0.15, 0.2) is 0 Å². The van der Waals surface area contributed by atoms with E-state index in [1.807, 2.05) is 18.3 Å². The highest BCUT2D eigenvalue weighted by Gasteiger charge is 2.10. The number of carbonyl (C=O) groups excluding carboxylic acids is 1. The lowest BCUT2D eigenvalue weighted by Crippen LogP contribution is -2.00. The van der Waals surface area contributed by atoms with Crippen LogP contribution in [0.25, 0.3) is 11.1 Å². The van der Waals surface area contributed by atoms with E-state index < -0.39 is 0 Å². The molecule has 22 heavy (non-hydrogen) atoms. The standard InChI is InChI=1S/C18H24N2O2/c1-3-4-5-6-7-8-17-16(13-19-20-17)14-9-11-15(12-10-14)18(21)22-2/h9-13H,3-8H2,1-2H3,(H,19,20). The first-order valence-electron chi connectivity index (χ1n) is 7.97. The molecule has 2 aromatic rings. The number of hydrogen-bond donors (Lipinski definition) is 1. The van der Waals surface area contributed by atoms with E-state index in [1.54, 1.807) is 12.1 Å². The largest absolute Gasteiger partial charge is 0.465 e. The van der Waals surface area contributed by atoms with Gasteiger partial charge in [-0.2, -0.15) is 5.10 Å². The topological polar surface area (TPSA) is 55.0 Å². The number of nitrogens with one attached hydrogen (secondary N) is 1. The number of ether oxygens (including phenoxy) is 1. The van der Waals surface area contributed by atoms with E-state index in [1.165, 1.54) is 32.8 Å². The highest BCUT2D eigenvalue weighted by Crippen LogP contribution is 2.24. The van der Waals surface area contributed by atoms with E-state index in [2.05, 4.69) is 17.1 Å². The van der Waals surface area contributed by atoms with Crippen LogP contribution in [0.1, 0.15) is 55.1 Å². The molecule has 0 saturated heterocycles. The van der Waals surface area contributed by atoms with Crippen molar-refractivity contribution in [2.45, 2.75) is 45.4 Å². The molecule has 0 unspecified atom stereocenters. The molecule has 0 atom stereocenters. The molecule has 0 bridgehead atoms. The molecule has 0 aliphatic heterocycles. The second kappa shape index (κ2) is 8.37. The Balaban J connectivity index is 2.00. The number of nitrogens with zero attached hydrogens (tertiary/aromatic N) is 1. The molecule has 0 fully saturated rings. The molecule has 1 aromatic carbocycles. The summed E-state index contributed by atoms with van der Waals surface area (Å²) in [7, 11) is 1.39. The molecule has 1 aromatic heterocycles. The number of aryl methyl sites for hydroxylation is 1. The van der Waals surface area contributed by atoms with E-state index >= 15 is 0 Å². The molecule has 118 valence electrons. The zero-order chi connectivity index (χ0) is 15.8. The van der Waals surface area contributed by atoms with Crippen LogP contribution in [0.5, 0.6) is 0 Å². The number of aromatic amines is 1. The van der Waals surface area contributed by atoms with Gasteiger partial charge in [-0.3, -0.25) is 5.10 Å². The Labute approximate surface area is 131 Å². The fourth-order valence-electron chi connectivity index (χ4n) is 2.56. The van der Waals surface area contributed by atoms with Crippen LogP contribution in [-0.4, -0.2) is 23.3 Å². The molecule has 4 nitrogen and oxygen atoms in total. The lowest BCUT2D eigenvalue weighted by molar-refractivity contribution is 0.0601. The zero-order valence-corrected chi connectivity index (χ0v) is 13.4. The highest BCUT2D eigenvalue weighted by atomic mass is 16.5. The van der Waals surface area contributed by atoms with E-state index in [0.29, 0.717) is 5.56 Å². The SMILES string of the molecule is CCCCCCCc1n[nH]cc1-c1ccc(C(=O)OC)cc1. The third kappa shape index (κ3) is 4.20. The zero-order valence-electron chi connectivity index (χ0n) is 13.4. The summed E-state index contributed by atoms with van der Waals surface area (Å²) in [5, 5.41) is 7.32. The summed E-state index contributed by atoms with van der Waals surface area (Å²) < 4.78 is 4.72. The molecular formula is C18H24N2O2. The molecule has 4 heteroatoms. The van der Waals surface area contributed by atoms with Crippen LogP contribution in [0, 0.1) is 0 Å². The Morgan fingerprint density at radius 2 is 1.86 bits per heavy atom. The van der Waals surface area contributed by atoms with Crippen molar-refractivity contribution in [3.05, 3.63) is 41.7 Å². The molecule has 0 amide bonds. The molecule has 1 N–H and O–H groups in total. The van der Waals surface area contributed by atoms with Gasteiger partial charge < -0.3 is 4.74 Å². The summed E-state index contributed by atoms with van der Waals surface area (Å²) in [5.74, 6) is -0.310. The van der Waals surface area contributed by atoms with Crippen molar-refractivity contribution >= 4 is 5.97 Å². The maximum absolute atomic E-state index is 11.5. The predicted octanol–water partition coefficient (Wildman–Crippen LogP) is 4.38. The smallest absolute Gasteiger partial charge is 0.337 e. The first-order valence-corrected chi connectivity index (χ1v) is 7.97. The van der Waals surface area contributed by atoms with E-state index in [9.17, 15) is 4.79 Å². The Bertz CT molecular complexity index is 587. The summed E-state index contributed by atoms with van der Waals surface area (Å²) in [6.45, 7) is 2.23. The summed E-state index contributed by atoms with van der Waals surface area (Å²) in [6.07, 6.45) is 9.20. The van der Waals surface area contributed by atoms with Gasteiger partial charge >= 0.3 is 5.97 Å². The molecular weight excluding hydrogens is 276 g/mol. The van der Waals surface area contributed by atoms with Gasteiger partial charge in [0.05, 0.1) is 18.4 Å². The van der Waals surface area contributed by atoms with Crippen molar-refractivity contribution in [3.63, 3.8) is 0 Å². The van der Waals surface area contributed by atoms with Crippen molar-refractivity contribution < 1.29 is 9.53 Å². The average Bonchev–Trinajstić information content (AvgIpc) is 3.02. The minimum absolute atomic E-state index is 0.310. The second-order valence-corrected chi connectivity index (χ2v) is 5.48. The monoisotopic (exact) mass is 300 g/mol. The number of carbonyl (C=O) groups is 1. The number of esters is 1. The van der Waals surface area contributed by atoms with Gasteiger partial charge in [0.1, 0.15) is 0 Å². The van der Waals surface area contributed by atoms with Gasteiger partial charge in [-0.1, -0.05) is 44.7 Å². The van der Waals surface area contributed by atoms with Crippen LogP contribution >= 0.6 is 0 Å². The Morgan fingerprint density at radius 3 is 2.55 bits per heavy atom. The van der Waals surface area contributed by atoms with E-state index in [4.69, 9.17) is 4.74 Å². The van der Waals surface area contributed by atoms with Crippen molar-refractivity contribution in [2.75, 3.05) is 7.11 Å². The minimum Gasteiger partial charge on any atom is -0.465 e. The van der Waals surface area contributed by atoms with Crippen molar-refractivity contribution in [1.82, 2.24) is 10.2 Å². The Morgan fingerprint density at radius 1 is 1.14 bits per heavy atom. The van der Waals surface area contributed by atoms with Gasteiger partial charge in [-0.15, -0.1) is 0 Å². The maximum Gasteiger partial charge on any atom is 0.337 e. The number of H-pyrrole nitrogens is 1. The summed E-state index contributed by atoms with van der Waals surface area (Å²) in [5.41, 5.74) is 3.86. The second-order valence-electron chi connectivity index (χ2n) is 5.48. The number of aromatic nitrogens is 2. The highest BCUT2D eigenvalue weighted by molar-refractivity contribution is 5.90.